The topological polar surface area (TPSA) is 66.8 Å². The van der Waals surface area contributed by atoms with Crippen LogP contribution in [-0.2, 0) is 14.3 Å². The van der Waals surface area contributed by atoms with Crippen molar-refractivity contribution >= 4 is 17.6 Å². The molecule has 5 atom stereocenters. The summed E-state index contributed by atoms with van der Waals surface area (Å²) < 4.78 is 6.10. The van der Waals surface area contributed by atoms with E-state index in [4.69, 9.17) is 4.74 Å². The Morgan fingerprint density at radius 1 is 1.38 bits per heavy atom. The van der Waals surface area contributed by atoms with Gasteiger partial charge in [0.1, 0.15) is 11.5 Å². The zero-order valence-electron chi connectivity index (χ0n) is 13.4. The molecule has 0 aromatic heterocycles. The number of carbonyl (C=O) groups excluding carboxylic acids is 1. The maximum absolute atomic E-state index is 13.2. The van der Waals surface area contributed by atoms with E-state index in [1.54, 1.807) is 11.0 Å². The molecule has 24 heavy (non-hydrogen) atoms. The van der Waals surface area contributed by atoms with E-state index in [9.17, 15) is 14.7 Å². The second kappa shape index (κ2) is 5.05. The summed E-state index contributed by atoms with van der Waals surface area (Å²) in [5.74, 6) is -2.67. The van der Waals surface area contributed by atoms with Crippen molar-refractivity contribution < 1.29 is 19.4 Å². The molecule has 1 aromatic rings. The van der Waals surface area contributed by atoms with Crippen LogP contribution in [0.3, 0.4) is 0 Å². The summed E-state index contributed by atoms with van der Waals surface area (Å²) >= 11 is 0. The SMILES string of the molecule is C=C(C)C[C@@H]1N(c2ccccc2)C(=O)[C@H]2[C@@H](C(=O)O)[C@@H]3C=C[C@]12O3. The molecule has 1 spiro atoms. The van der Waals surface area contributed by atoms with E-state index in [0.29, 0.717) is 6.42 Å². The van der Waals surface area contributed by atoms with E-state index < -0.39 is 29.5 Å². The number of aliphatic carboxylic acids is 1. The molecule has 1 N–H and O–H groups in total. The molecular formula is C19H19NO4. The average Bonchev–Trinajstić information content (AvgIpc) is 3.17. The predicted octanol–water partition coefficient (Wildman–Crippen LogP) is 2.39. The van der Waals surface area contributed by atoms with Crippen molar-refractivity contribution in [2.45, 2.75) is 31.1 Å². The smallest absolute Gasteiger partial charge is 0.310 e. The molecule has 3 heterocycles. The van der Waals surface area contributed by atoms with Crippen LogP contribution in [0.4, 0.5) is 5.69 Å². The van der Waals surface area contributed by atoms with Crippen LogP contribution in [0.1, 0.15) is 13.3 Å². The molecule has 0 saturated carbocycles. The molecule has 3 aliphatic rings. The van der Waals surface area contributed by atoms with Gasteiger partial charge in [-0.3, -0.25) is 9.59 Å². The number of fused-ring (bicyclic) bond motifs is 1. The highest BCUT2D eigenvalue weighted by molar-refractivity contribution is 6.03. The van der Waals surface area contributed by atoms with E-state index in [-0.39, 0.29) is 11.9 Å². The van der Waals surface area contributed by atoms with Crippen molar-refractivity contribution in [2.24, 2.45) is 11.8 Å². The average molecular weight is 325 g/mol. The molecule has 2 fully saturated rings. The molecule has 0 aliphatic carbocycles. The maximum atomic E-state index is 13.2. The first-order valence-corrected chi connectivity index (χ1v) is 8.08. The number of para-hydroxylation sites is 1. The zero-order chi connectivity index (χ0) is 17.1. The number of amides is 1. The fraction of sp³-hybridized carbons (Fsp3) is 0.368. The zero-order valence-corrected chi connectivity index (χ0v) is 13.4. The van der Waals surface area contributed by atoms with Crippen molar-refractivity contribution in [1.82, 2.24) is 0 Å². The fourth-order valence-electron chi connectivity index (χ4n) is 4.41. The Labute approximate surface area is 140 Å². The number of ether oxygens (including phenoxy) is 1. The van der Waals surface area contributed by atoms with Gasteiger partial charge in [0.15, 0.2) is 0 Å². The van der Waals surface area contributed by atoms with Gasteiger partial charge in [-0.05, 0) is 25.5 Å². The van der Waals surface area contributed by atoms with Gasteiger partial charge in [0.25, 0.3) is 0 Å². The lowest BCUT2D eigenvalue weighted by atomic mass is 9.74. The second-order valence-corrected chi connectivity index (χ2v) is 6.86. The van der Waals surface area contributed by atoms with Gasteiger partial charge in [0.2, 0.25) is 5.91 Å². The largest absolute Gasteiger partial charge is 0.481 e. The molecule has 1 amide bonds. The van der Waals surface area contributed by atoms with E-state index in [2.05, 4.69) is 6.58 Å². The summed E-state index contributed by atoms with van der Waals surface area (Å²) in [5.41, 5.74) is 0.824. The van der Waals surface area contributed by atoms with Gasteiger partial charge >= 0.3 is 5.97 Å². The number of rotatable bonds is 4. The normalized spacial score (nSPS) is 36.2. The molecular weight excluding hydrogens is 306 g/mol. The number of hydrogen-bond donors (Lipinski definition) is 1. The van der Waals surface area contributed by atoms with Crippen molar-refractivity contribution in [3.05, 3.63) is 54.6 Å². The highest BCUT2D eigenvalue weighted by Crippen LogP contribution is 2.56. The summed E-state index contributed by atoms with van der Waals surface area (Å²) in [6.45, 7) is 5.90. The molecule has 2 saturated heterocycles. The van der Waals surface area contributed by atoms with E-state index in [0.717, 1.165) is 11.3 Å². The molecule has 4 rings (SSSR count). The van der Waals surface area contributed by atoms with Gasteiger partial charge in [-0.15, -0.1) is 6.58 Å². The molecule has 1 aromatic carbocycles. The van der Waals surface area contributed by atoms with Crippen LogP contribution in [0.15, 0.2) is 54.6 Å². The lowest BCUT2D eigenvalue weighted by molar-refractivity contribution is -0.146. The Bertz CT molecular complexity index is 756. The number of carboxylic acids is 1. The van der Waals surface area contributed by atoms with Crippen LogP contribution < -0.4 is 4.90 Å². The minimum atomic E-state index is -0.978. The Morgan fingerprint density at radius 3 is 2.71 bits per heavy atom. The fourth-order valence-corrected chi connectivity index (χ4v) is 4.41. The number of anilines is 1. The minimum Gasteiger partial charge on any atom is -0.481 e. The van der Waals surface area contributed by atoms with Crippen molar-refractivity contribution in [3.8, 4) is 0 Å². The standard InChI is InChI=1S/C19H19NO4/c1-11(2)10-14-19-9-8-13(24-19)15(18(22)23)16(19)17(21)20(14)12-6-4-3-5-7-12/h3-9,13-16H,1,10H2,2H3,(H,22,23)/t13-,14-,15-,16+,19-/m0/s1. The van der Waals surface area contributed by atoms with Gasteiger partial charge in [-0.25, -0.2) is 0 Å². The second-order valence-electron chi connectivity index (χ2n) is 6.86. The van der Waals surface area contributed by atoms with Gasteiger partial charge in [-0.1, -0.05) is 35.9 Å². The van der Waals surface area contributed by atoms with Crippen LogP contribution in [0.2, 0.25) is 0 Å². The Balaban J connectivity index is 1.85. The number of nitrogens with zero attached hydrogens (tertiary/aromatic N) is 1. The van der Waals surface area contributed by atoms with Gasteiger partial charge in [0, 0.05) is 5.69 Å². The Kier molecular flexibility index (Phi) is 3.18. The van der Waals surface area contributed by atoms with Crippen LogP contribution in [-0.4, -0.2) is 34.7 Å². The molecule has 3 aliphatic heterocycles. The highest BCUT2D eigenvalue weighted by atomic mass is 16.5. The molecule has 0 unspecified atom stereocenters. The molecule has 5 heteroatoms. The quantitative estimate of drug-likeness (QED) is 0.863. The Hall–Kier alpha value is -2.40. The highest BCUT2D eigenvalue weighted by Gasteiger charge is 2.71. The number of carboxylic acid groups (broad SMARTS) is 1. The third kappa shape index (κ3) is 1.85. The van der Waals surface area contributed by atoms with Gasteiger partial charge in [-0.2, -0.15) is 0 Å². The molecule has 2 bridgehead atoms. The van der Waals surface area contributed by atoms with Crippen molar-refractivity contribution in [2.75, 3.05) is 4.90 Å². The lowest BCUT2D eigenvalue weighted by Gasteiger charge is -2.33. The van der Waals surface area contributed by atoms with Crippen LogP contribution in [0.5, 0.6) is 0 Å². The van der Waals surface area contributed by atoms with E-state index in [1.165, 1.54) is 0 Å². The third-order valence-corrected chi connectivity index (χ3v) is 5.28. The summed E-state index contributed by atoms with van der Waals surface area (Å²) in [4.78, 5) is 26.7. The first-order valence-electron chi connectivity index (χ1n) is 8.08. The maximum Gasteiger partial charge on any atom is 0.310 e. The summed E-state index contributed by atoms with van der Waals surface area (Å²) in [5, 5.41) is 9.62. The Morgan fingerprint density at radius 2 is 2.08 bits per heavy atom. The van der Waals surface area contributed by atoms with E-state index in [1.807, 2.05) is 43.3 Å². The molecule has 0 radical (unpaired) electrons. The van der Waals surface area contributed by atoms with Crippen LogP contribution >= 0.6 is 0 Å². The lowest BCUT2D eigenvalue weighted by Crippen LogP contribution is -2.45. The minimum absolute atomic E-state index is 0.174. The summed E-state index contributed by atoms with van der Waals surface area (Å²) in [6, 6.07) is 9.09. The van der Waals surface area contributed by atoms with Crippen molar-refractivity contribution in [3.63, 3.8) is 0 Å². The number of hydrogen-bond acceptors (Lipinski definition) is 3. The van der Waals surface area contributed by atoms with Crippen molar-refractivity contribution in [1.29, 1.82) is 0 Å². The van der Waals surface area contributed by atoms with Crippen LogP contribution in [0, 0.1) is 11.8 Å². The van der Waals surface area contributed by atoms with Gasteiger partial charge < -0.3 is 14.7 Å². The first kappa shape index (κ1) is 15.1. The van der Waals surface area contributed by atoms with Crippen LogP contribution in [0.25, 0.3) is 0 Å². The number of carbonyl (C=O) groups is 2. The molecule has 124 valence electrons. The van der Waals surface area contributed by atoms with Gasteiger partial charge in [0.05, 0.1) is 18.1 Å². The first-order chi connectivity index (χ1) is 11.5. The molecule has 5 nitrogen and oxygen atoms in total. The predicted molar refractivity (Wildman–Crippen MR) is 88.5 cm³/mol. The number of benzene rings is 1. The third-order valence-electron chi connectivity index (χ3n) is 5.28. The van der Waals surface area contributed by atoms with E-state index >= 15 is 0 Å². The summed E-state index contributed by atoms with van der Waals surface area (Å²) in [7, 11) is 0. The summed E-state index contributed by atoms with van der Waals surface area (Å²) in [6.07, 6.45) is 3.74. The monoisotopic (exact) mass is 325 g/mol.